The van der Waals surface area contributed by atoms with E-state index in [2.05, 4.69) is 62.2 Å². The van der Waals surface area contributed by atoms with Crippen LogP contribution in [0.25, 0.3) is 11.1 Å². The van der Waals surface area contributed by atoms with Crippen molar-refractivity contribution in [2.75, 3.05) is 0 Å². The Morgan fingerprint density at radius 1 is 0.778 bits per heavy atom. The molecule has 1 aromatic carbocycles. The zero-order valence-electron chi connectivity index (χ0n) is 17.5. The number of rotatable bonds is 13. The van der Waals surface area contributed by atoms with Gasteiger partial charge in [0.05, 0.1) is 6.10 Å². The molecule has 1 heterocycles. The van der Waals surface area contributed by atoms with Gasteiger partial charge in [-0.25, -0.2) is 0 Å². The van der Waals surface area contributed by atoms with Crippen LogP contribution in [0.3, 0.4) is 0 Å². The minimum Gasteiger partial charge on any atom is -0.491 e. The highest BCUT2D eigenvalue weighted by atomic mass is 16.5. The molecule has 0 N–H and O–H groups in total. The summed E-state index contributed by atoms with van der Waals surface area (Å²) in [6, 6.07) is 12.8. The molecule has 0 saturated heterocycles. The SMILES string of the molecule is CCCCCCc1ccc(-c2ccc(O[C@H](C)CCCCCC)cc2)cn1. The lowest BCUT2D eigenvalue weighted by Gasteiger charge is -2.15. The minimum atomic E-state index is 0.279. The van der Waals surface area contributed by atoms with Gasteiger partial charge in [-0.05, 0) is 56.4 Å². The van der Waals surface area contributed by atoms with E-state index in [1.165, 1.54) is 68.2 Å². The Labute approximate surface area is 166 Å². The molecule has 0 unspecified atom stereocenters. The first-order chi connectivity index (χ1) is 13.2. The minimum absolute atomic E-state index is 0.279. The molecule has 0 aliphatic rings. The molecule has 148 valence electrons. The Morgan fingerprint density at radius 2 is 1.44 bits per heavy atom. The number of aromatic nitrogens is 1. The Hall–Kier alpha value is -1.83. The first kappa shape index (κ1) is 21.5. The van der Waals surface area contributed by atoms with Gasteiger partial charge in [0.25, 0.3) is 0 Å². The molecule has 2 heteroatoms. The molecule has 0 fully saturated rings. The van der Waals surface area contributed by atoms with Crippen LogP contribution in [-0.4, -0.2) is 11.1 Å². The molecule has 2 nitrogen and oxygen atoms in total. The molecule has 0 radical (unpaired) electrons. The van der Waals surface area contributed by atoms with Crippen molar-refractivity contribution in [3.8, 4) is 16.9 Å². The third kappa shape index (κ3) is 8.15. The fourth-order valence-corrected chi connectivity index (χ4v) is 3.35. The van der Waals surface area contributed by atoms with Crippen molar-refractivity contribution in [2.45, 2.75) is 91.1 Å². The summed E-state index contributed by atoms with van der Waals surface area (Å²) in [5.74, 6) is 0.960. The van der Waals surface area contributed by atoms with E-state index >= 15 is 0 Å². The van der Waals surface area contributed by atoms with Crippen LogP contribution < -0.4 is 4.74 Å². The molecule has 2 rings (SSSR count). The largest absolute Gasteiger partial charge is 0.491 e. The lowest BCUT2D eigenvalue weighted by atomic mass is 10.1. The fraction of sp³-hybridized carbons (Fsp3) is 0.560. The number of aryl methyl sites for hydroxylation is 1. The van der Waals surface area contributed by atoms with Gasteiger partial charge in [0.1, 0.15) is 5.75 Å². The van der Waals surface area contributed by atoms with Crippen LogP contribution in [0.2, 0.25) is 0 Å². The Kier molecular flexibility index (Phi) is 9.97. The van der Waals surface area contributed by atoms with Crippen LogP contribution >= 0.6 is 0 Å². The average molecular weight is 368 g/mol. The second-order valence-corrected chi connectivity index (χ2v) is 7.65. The van der Waals surface area contributed by atoms with Gasteiger partial charge in [-0.2, -0.15) is 0 Å². The molecule has 0 amide bonds. The first-order valence-corrected chi connectivity index (χ1v) is 10.9. The maximum atomic E-state index is 6.05. The maximum absolute atomic E-state index is 6.05. The number of nitrogens with zero attached hydrogens (tertiary/aromatic N) is 1. The molecule has 0 aliphatic heterocycles. The number of hydrogen-bond donors (Lipinski definition) is 0. The van der Waals surface area contributed by atoms with E-state index in [-0.39, 0.29) is 6.10 Å². The molecular formula is C25H37NO. The van der Waals surface area contributed by atoms with Gasteiger partial charge in [-0.15, -0.1) is 0 Å². The van der Waals surface area contributed by atoms with Crippen molar-refractivity contribution in [1.82, 2.24) is 4.98 Å². The van der Waals surface area contributed by atoms with Crippen molar-refractivity contribution in [1.29, 1.82) is 0 Å². The van der Waals surface area contributed by atoms with Crippen molar-refractivity contribution >= 4 is 0 Å². The van der Waals surface area contributed by atoms with E-state index in [0.717, 1.165) is 18.6 Å². The summed E-state index contributed by atoms with van der Waals surface area (Å²) in [5.41, 5.74) is 3.57. The normalized spacial score (nSPS) is 12.1. The van der Waals surface area contributed by atoms with Crippen molar-refractivity contribution in [3.05, 3.63) is 48.3 Å². The summed E-state index contributed by atoms with van der Waals surface area (Å²) in [6.07, 6.45) is 14.8. The van der Waals surface area contributed by atoms with Gasteiger partial charge in [-0.1, -0.05) is 70.6 Å². The summed E-state index contributed by atoms with van der Waals surface area (Å²) in [4.78, 5) is 4.64. The van der Waals surface area contributed by atoms with Crippen LogP contribution in [-0.2, 0) is 6.42 Å². The summed E-state index contributed by atoms with van der Waals surface area (Å²) in [5, 5.41) is 0. The van der Waals surface area contributed by atoms with Gasteiger partial charge in [-0.3, -0.25) is 4.98 Å². The monoisotopic (exact) mass is 367 g/mol. The smallest absolute Gasteiger partial charge is 0.119 e. The first-order valence-electron chi connectivity index (χ1n) is 10.9. The second kappa shape index (κ2) is 12.5. The maximum Gasteiger partial charge on any atom is 0.119 e. The van der Waals surface area contributed by atoms with Crippen LogP contribution in [0.4, 0.5) is 0 Å². The summed E-state index contributed by atoms with van der Waals surface area (Å²) >= 11 is 0. The molecule has 0 spiro atoms. The number of ether oxygens (including phenoxy) is 1. The van der Waals surface area contributed by atoms with E-state index in [4.69, 9.17) is 4.74 Å². The van der Waals surface area contributed by atoms with Gasteiger partial charge >= 0.3 is 0 Å². The van der Waals surface area contributed by atoms with E-state index in [0.29, 0.717) is 0 Å². The third-order valence-corrected chi connectivity index (χ3v) is 5.10. The summed E-state index contributed by atoms with van der Waals surface area (Å²) in [7, 11) is 0. The molecular weight excluding hydrogens is 330 g/mol. The highest BCUT2D eigenvalue weighted by Gasteiger charge is 2.05. The Bertz CT molecular complexity index is 618. The number of pyridine rings is 1. The number of benzene rings is 1. The predicted octanol–water partition coefficient (Wildman–Crippen LogP) is 7.61. The van der Waals surface area contributed by atoms with Crippen molar-refractivity contribution in [2.24, 2.45) is 0 Å². The van der Waals surface area contributed by atoms with Crippen molar-refractivity contribution in [3.63, 3.8) is 0 Å². The molecule has 27 heavy (non-hydrogen) atoms. The standard InChI is InChI=1S/C25H37NO/c1-4-6-8-10-12-21(3)27-25-18-15-22(16-19-25)23-14-17-24(26-20-23)13-11-9-7-5-2/h14-21H,4-13H2,1-3H3/t21-/m1/s1. The van der Waals surface area contributed by atoms with Gasteiger partial charge < -0.3 is 4.74 Å². The Balaban J connectivity index is 1.82. The van der Waals surface area contributed by atoms with Gasteiger partial charge in [0.2, 0.25) is 0 Å². The summed E-state index contributed by atoms with van der Waals surface area (Å²) in [6.45, 7) is 6.67. The zero-order valence-corrected chi connectivity index (χ0v) is 17.5. The van der Waals surface area contributed by atoms with E-state index in [9.17, 15) is 0 Å². The molecule has 0 bridgehead atoms. The summed E-state index contributed by atoms with van der Waals surface area (Å²) < 4.78 is 6.05. The van der Waals surface area contributed by atoms with Crippen LogP contribution in [0.15, 0.2) is 42.6 Å². The predicted molar refractivity (Wildman–Crippen MR) is 116 cm³/mol. The van der Waals surface area contributed by atoms with E-state index < -0.39 is 0 Å². The zero-order chi connectivity index (χ0) is 19.3. The molecule has 0 aliphatic carbocycles. The van der Waals surface area contributed by atoms with Crippen LogP contribution in [0.1, 0.15) is 84.3 Å². The number of hydrogen-bond acceptors (Lipinski definition) is 2. The quantitative estimate of drug-likeness (QED) is 0.340. The number of unbranched alkanes of at least 4 members (excludes halogenated alkanes) is 6. The van der Waals surface area contributed by atoms with Crippen molar-refractivity contribution < 1.29 is 4.74 Å². The van der Waals surface area contributed by atoms with E-state index in [1.54, 1.807) is 0 Å². The lowest BCUT2D eigenvalue weighted by Crippen LogP contribution is -2.11. The topological polar surface area (TPSA) is 22.1 Å². The van der Waals surface area contributed by atoms with E-state index in [1.807, 2.05) is 6.20 Å². The molecule has 1 aromatic heterocycles. The van der Waals surface area contributed by atoms with Gasteiger partial charge in [0, 0.05) is 17.5 Å². The second-order valence-electron chi connectivity index (χ2n) is 7.65. The molecule has 2 aromatic rings. The lowest BCUT2D eigenvalue weighted by molar-refractivity contribution is 0.206. The van der Waals surface area contributed by atoms with Crippen LogP contribution in [0, 0.1) is 0 Å². The Morgan fingerprint density at radius 3 is 2.07 bits per heavy atom. The van der Waals surface area contributed by atoms with Gasteiger partial charge in [0.15, 0.2) is 0 Å². The van der Waals surface area contributed by atoms with Crippen LogP contribution in [0.5, 0.6) is 5.75 Å². The average Bonchev–Trinajstić information content (AvgIpc) is 2.70. The highest BCUT2D eigenvalue weighted by molar-refractivity contribution is 5.63. The highest BCUT2D eigenvalue weighted by Crippen LogP contribution is 2.23. The third-order valence-electron chi connectivity index (χ3n) is 5.10. The molecule has 0 saturated carbocycles. The fourth-order valence-electron chi connectivity index (χ4n) is 3.35. The molecule has 1 atom stereocenters.